The third-order valence-electron chi connectivity index (χ3n) is 4.91. The van der Waals surface area contributed by atoms with Gasteiger partial charge in [-0.3, -0.25) is 9.36 Å². The molecule has 1 unspecified atom stereocenters. The molecule has 2 heterocycles. The molecule has 0 radical (unpaired) electrons. The molecule has 3 aromatic rings. The van der Waals surface area contributed by atoms with Gasteiger partial charge in [-0.15, -0.1) is 11.3 Å². The van der Waals surface area contributed by atoms with Crippen molar-refractivity contribution in [2.45, 2.75) is 5.92 Å². The van der Waals surface area contributed by atoms with E-state index in [9.17, 15) is 15.3 Å². The fraction of sp³-hybridized carbons (Fsp3) is 0.0455. The van der Waals surface area contributed by atoms with Gasteiger partial charge in [0, 0.05) is 20.1 Å². The van der Waals surface area contributed by atoms with Crippen LogP contribution in [0.25, 0.3) is 17.5 Å². The lowest BCUT2D eigenvalue weighted by Crippen LogP contribution is -2.38. The van der Waals surface area contributed by atoms with Gasteiger partial charge in [-0.25, -0.2) is 0 Å². The third kappa shape index (κ3) is 3.71. The van der Waals surface area contributed by atoms with Crippen LogP contribution in [0.1, 0.15) is 17.0 Å². The Hall–Kier alpha value is -2.71. The monoisotopic (exact) mass is 518 g/mol. The Labute approximate surface area is 206 Å². The van der Waals surface area contributed by atoms with Gasteiger partial charge in [-0.1, -0.05) is 58.5 Å². The topological polar surface area (TPSA) is 95.6 Å². The van der Waals surface area contributed by atoms with E-state index >= 15 is 0 Å². The average molecular weight is 520 g/mol. The van der Waals surface area contributed by atoms with E-state index < -0.39 is 11.5 Å². The fourth-order valence-electron chi connectivity index (χ4n) is 3.46. The number of rotatable bonds is 2. The molecule has 1 aliphatic heterocycles. The van der Waals surface area contributed by atoms with Crippen LogP contribution in [0.3, 0.4) is 0 Å². The van der Waals surface area contributed by atoms with E-state index in [4.69, 9.17) is 52.1 Å². The molecule has 2 N–H and O–H groups in total. The summed E-state index contributed by atoms with van der Waals surface area (Å²) >= 11 is 25.7. The van der Waals surface area contributed by atoms with Crippen molar-refractivity contribution in [1.82, 2.24) is 4.57 Å². The lowest BCUT2D eigenvalue weighted by molar-refractivity contribution is 0.906. The highest BCUT2D eigenvalue weighted by atomic mass is 35.5. The standard InChI is InChI=1S/C22H10Cl4N4OS/c23-11-2-1-10(16(25)6-11)5-18-21(31)30-20(29)14(8-27)19(15(9-28)22(30)32-18)13-4-3-12(24)7-17(13)26/h1-7,19H,29H2. The number of hydrogen-bond donors (Lipinski definition) is 1. The summed E-state index contributed by atoms with van der Waals surface area (Å²) in [5, 5.41) is 21.4. The number of thiazole rings is 1. The fourth-order valence-corrected chi connectivity index (χ4v) is 5.56. The number of benzene rings is 2. The van der Waals surface area contributed by atoms with Crippen molar-refractivity contribution in [2.75, 3.05) is 0 Å². The summed E-state index contributed by atoms with van der Waals surface area (Å²) in [6.45, 7) is 0. The summed E-state index contributed by atoms with van der Waals surface area (Å²) in [7, 11) is 0. The van der Waals surface area contributed by atoms with Crippen LogP contribution in [0.2, 0.25) is 20.1 Å². The van der Waals surface area contributed by atoms with Crippen molar-refractivity contribution in [2.24, 2.45) is 5.73 Å². The highest BCUT2D eigenvalue weighted by molar-refractivity contribution is 7.07. The first-order chi connectivity index (χ1) is 15.3. The summed E-state index contributed by atoms with van der Waals surface area (Å²) in [5.74, 6) is -0.889. The van der Waals surface area contributed by atoms with E-state index in [0.717, 1.165) is 11.3 Å². The van der Waals surface area contributed by atoms with Gasteiger partial charge in [0.1, 0.15) is 10.5 Å². The molecule has 0 spiro atoms. The van der Waals surface area contributed by atoms with E-state index in [-0.39, 0.29) is 22.0 Å². The zero-order valence-electron chi connectivity index (χ0n) is 15.9. The van der Waals surface area contributed by atoms with Crippen LogP contribution in [0.15, 0.2) is 46.8 Å². The second kappa shape index (κ2) is 8.67. The van der Waals surface area contributed by atoms with Gasteiger partial charge in [-0.2, -0.15) is 10.5 Å². The van der Waals surface area contributed by atoms with Crippen LogP contribution < -0.4 is 20.5 Å². The molecule has 0 amide bonds. The summed E-state index contributed by atoms with van der Waals surface area (Å²) < 4.78 is 1.79. The number of fused-ring (bicyclic) bond motifs is 1. The molecular weight excluding hydrogens is 510 g/mol. The number of allylic oxidation sites excluding steroid dienone is 1. The summed E-state index contributed by atoms with van der Waals surface area (Å²) in [4.78, 5) is 13.2. The summed E-state index contributed by atoms with van der Waals surface area (Å²) in [6, 6.07) is 13.8. The van der Waals surface area contributed by atoms with Crippen molar-refractivity contribution < 1.29 is 0 Å². The smallest absolute Gasteiger partial charge is 0.274 e. The van der Waals surface area contributed by atoms with Gasteiger partial charge in [0.25, 0.3) is 5.56 Å². The van der Waals surface area contributed by atoms with Crippen molar-refractivity contribution in [3.63, 3.8) is 0 Å². The molecule has 10 heteroatoms. The van der Waals surface area contributed by atoms with Gasteiger partial charge in [0.05, 0.1) is 33.7 Å². The number of halogens is 4. The van der Waals surface area contributed by atoms with Crippen LogP contribution in [0, 0.1) is 22.7 Å². The minimum atomic E-state index is -0.834. The van der Waals surface area contributed by atoms with Crippen LogP contribution in [-0.2, 0) is 0 Å². The van der Waals surface area contributed by atoms with E-state index in [2.05, 4.69) is 6.07 Å². The van der Waals surface area contributed by atoms with Crippen LogP contribution in [0.5, 0.6) is 0 Å². The van der Waals surface area contributed by atoms with Crippen LogP contribution in [0.4, 0.5) is 0 Å². The molecule has 158 valence electrons. The van der Waals surface area contributed by atoms with E-state index in [1.807, 2.05) is 6.07 Å². The first-order valence-electron chi connectivity index (χ1n) is 8.94. The number of nitrogens with zero attached hydrogens (tertiary/aromatic N) is 3. The van der Waals surface area contributed by atoms with Crippen molar-refractivity contribution in [3.8, 4) is 12.1 Å². The Kier molecular flexibility index (Phi) is 6.09. The number of nitrogens with two attached hydrogens (primary N) is 1. The molecular formula is C22H10Cl4N4OS. The maximum absolute atomic E-state index is 13.2. The average Bonchev–Trinajstić information content (AvgIpc) is 3.06. The molecule has 1 aliphatic rings. The minimum absolute atomic E-state index is 0.0502. The normalized spacial score (nSPS) is 16.0. The predicted molar refractivity (Wildman–Crippen MR) is 129 cm³/mol. The lowest BCUT2D eigenvalue weighted by atomic mass is 9.84. The van der Waals surface area contributed by atoms with Gasteiger partial charge >= 0.3 is 0 Å². The molecule has 0 fully saturated rings. The molecule has 4 rings (SSSR count). The van der Waals surface area contributed by atoms with Gasteiger partial charge in [0.15, 0.2) is 0 Å². The van der Waals surface area contributed by atoms with Gasteiger partial charge in [-0.05, 0) is 41.5 Å². The Balaban J connectivity index is 2.07. The molecule has 1 atom stereocenters. The SMILES string of the molecule is N#CC1=C(N)n2c(sc(=Cc3ccc(Cl)cc3Cl)c2=O)=C(C#N)C1c1ccc(Cl)cc1Cl. The molecule has 0 saturated carbocycles. The van der Waals surface area contributed by atoms with E-state index in [0.29, 0.717) is 35.4 Å². The summed E-state index contributed by atoms with van der Waals surface area (Å²) in [5.41, 5.74) is 7.10. The lowest BCUT2D eigenvalue weighted by Gasteiger charge is -2.23. The molecule has 5 nitrogen and oxygen atoms in total. The third-order valence-corrected chi connectivity index (χ3v) is 7.14. The highest BCUT2D eigenvalue weighted by Crippen LogP contribution is 2.39. The highest BCUT2D eigenvalue weighted by Gasteiger charge is 2.33. The largest absolute Gasteiger partial charge is 0.384 e. The number of nitriles is 2. The van der Waals surface area contributed by atoms with Crippen LogP contribution >= 0.6 is 57.7 Å². The zero-order valence-corrected chi connectivity index (χ0v) is 19.7. The van der Waals surface area contributed by atoms with Crippen molar-refractivity contribution in [1.29, 1.82) is 10.5 Å². The molecule has 32 heavy (non-hydrogen) atoms. The quantitative estimate of drug-likeness (QED) is 0.540. The number of aromatic nitrogens is 1. The molecule has 2 aromatic carbocycles. The van der Waals surface area contributed by atoms with Gasteiger partial charge in [0.2, 0.25) is 0 Å². The van der Waals surface area contributed by atoms with Crippen LogP contribution in [-0.4, -0.2) is 4.57 Å². The Morgan fingerprint density at radius 3 is 2.19 bits per heavy atom. The molecule has 0 saturated heterocycles. The Morgan fingerprint density at radius 2 is 1.59 bits per heavy atom. The van der Waals surface area contributed by atoms with Gasteiger partial charge < -0.3 is 5.73 Å². The zero-order chi connectivity index (χ0) is 23.2. The van der Waals surface area contributed by atoms with E-state index in [1.54, 1.807) is 36.4 Å². The Bertz CT molecular complexity index is 1590. The second-order valence-electron chi connectivity index (χ2n) is 6.76. The first kappa shape index (κ1) is 22.5. The maximum atomic E-state index is 13.2. The Morgan fingerprint density at radius 1 is 0.969 bits per heavy atom. The van der Waals surface area contributed by atoms with E-state index in [1.165, 1.54) is 10.6 Å². The predicted octanol–water partition coefficient (Wildman–Crippen LogP) is 4.47. The maximum Gasteiger partial charge on any atom is 0.274 e. The summed E-state index contributed by atoms with van der Waals surface area (Å²) in [6.07, 6.45) is 1.59. The number of hydrogen-bond acceptors (Lipinski definition) is 5. The molecule has 0 bridgehead atoms. The minimum Gasteiger partial charge on any atom is -0.384 e. The second-order valence-corrected chi connectivity index (χ2v) is 9.48. The first-order valence-corrected chi connectivity index (χ1v) is 11.3. The van der Waals surface area contributed by atoms with Crippen molar-refractivity contribution >= 4 is 75.2 Å². The van der Waals surface area contributed by atoms with Crippen molar-refractivity contribution in [3.05, 3.63) is 92.7 Å². The molecule has 0 aliphatic carbocycles. The molecule has 1 aromatic heterocycles.